The van der Waals surface area contributed by atoms with E-state index in [1.807, 2.05) is 0 Å². The van der Waals surface area contributed by atoms with Crippen LogP contribution in [0.5, 0.6) is 0 Å². The van der Waals surface area contributed by atoms with Crippen LogP contribution in [0.2, 0.25) is 0 Å². The zero-order valence-corrected chi connectivity index (χ0v) is 11.0. The predicted octanol–water partition coefficient (Wildman–Crippen LogP) is -0.0982. The minimum absolute atomic E-state index is 0.0173. The first-order valence-electron chi connectivity index (χ1n) is 5.94. The normalized spacial score (nSPS) is 9.89. The first-order chi connectivity index (χ1) is 8.70. The van der Waals surface area contributed by atoms with E-state index in [9.17, 15) is 9.59 Å². The third-order valence-electron chi connectivity index (χ3n) is 1.96. The smallest absolute Gasteiger partial charge is 0.406 e. The zero-order chi connectivity index (χ0) is 13.6. The number of carbonyl (C=O) groups is 2. The fourth-order valence-electron chi connectivity index (χ4n) is 1.01. The Morgan fingerprint density at radius 1 is 0.944 bits per heavy atom. The van der Waals surface area contributed by atoms with Crippen LogP contribution in [0, 0.1) is 0 Å². The van der Waals surface area contributed by atoms with Crippen LogP contribution < -0.4 is 10.6 Å². The van der Waals surface area contributed by atoms with Gasteiger partial charge in [0.25, 0.3) is 0 Å². The van der Waals surface area contributed by atoms with Gasteiger partial charge in [-0.05, 0) is 0 Å². The second-order valence-corrected chi connectivity index (χ2v) is 3.35. The second-order valence-electron chi connectivity index (χ2n) is 3.35. The first kappa shape index (κ1) is 16.7. The van der Waals surface area contributed by atoms with Crippen molar-refractivity contribution >= 4 is 12.0 Å². The molecule has 0 rings (SSSR count). The van der Waals surface area contributed by atoms with Crippen molar-refractivity contribution in [3.63, 3.8) is 0 Å². The van der Waals surface area contributed by atoms with Crippen LogP contribution >= 0.6 is 0 Å². The third kappa shape index (κ3) is 11.2. The summed E-state index contributed by atoms with van der Waals surface area (Å²) in [6.07, 6.45) is 0.0116. The number of alkyl carbamates (subject to hydrolysis) is 1. The maximum atomic E-state index is 10.9. The SMILES string of the molecule is CCC(=O)NCCOCCOCCNC(=O)OC. The van der Waals surface area contributed by atoms with E-state index in [0.29, 0.717) is 45.9 Å². The van der Waals surface area contributed by atoms with Gasteiger partial charge < -0.3 is 24.8 Å². The highest BCUT2D eigenvalue weighted by molar-refractivity contribution is 5.75. The molecule has 0 saturated carbocycles. The van der Waals surface area contributed by atoms with Crippen LogP contribution in [0.15, 0.2) is 0 Å². The average Bonchev–Trinajstić information content (AvgIpc) is 2.40. The molecule has 106 valence electrons. The summed E-state index contributed by atoms with van der Waals surface area (Å²) in [4.78, 5) is 21.5. The standard InChI is InChI=1S/C11H22N2O5/c1-3-10(14)12-4-6-17-8-9-18-7-5-13-11(15)16-2/h3-9H2,1-2H3,(H,12,14)(H,13,15). The summed E-state index contributed by atoms with van der Waals surface area (Å²) in [5, 5.41) is 5.18. The average molecular weight is 262 g/mol. The lowest BCUT2D eigenvalue weighted by atomic mass is 10.4. The first-order valence-corrected chi connectivity index (χ1v) is 5.94. The summed E-state index contributed by atoms with van der Waals surface area (Å²) in [5.74, 6) is 0.0173. The van der Waals surface area contributed by atoms with Gasteiger partial charge in [0.05, 0.1) is 33.5 Å². The lowest BCUT2D eigenvalue weighted by molar-refractivity contribution is -0.121. The quantitative estimate of drug-likeness (QED) is 0.537. The monoisotopic (exact) mass is 262 g/mol. The molecule has 0 aromatic carbocycles. The Labute approximate surface area is 107 Å². The number of hydrogen-bond donors (Lipinski definition) is 2. The summed E-state index contributed by atoms with van der Waals surface area (Å²) in [6.45, 7) is 4.49. The van der Waals surface area contributed by atoms with Crippen LogP contribution in [0.4, 0.5) is 4.79 Å². The second kappa shape index (κ2) is 12.1. The Balaban J connectivity index is 3.07. The molecule has 7 heteroatoms. The molecule has 0 spiro atoms. The molecule has 0 unspecified atom stereocenters. The number of ether oxygens (including phenoxy) is 3. The number of methoxy groups -OCH3 is 1. The molecule has 0 fully saturated rings. The van der Waals surface area contributed by atoms with Gasteiger partial charge in [0.1, 0.15) is 0 Å². The highest BCUT2D eigenvalue weighted by Gasteiger charge is 1.97. The fourth-order valence-corrected chi connectivity index (χ4v) is 1.01. The molecule has 0 aliphatic rings. The Kier molecular flexibility index (Phi) is 11.2. The molecular weight excluding hydrogens is 240 g/mol. The highest BCUT2D eigenvalue weighted by atomic mass is 16.5. The van der Waals surface area contributed by atoms with Crippen molar-refractivity contribution in [1.82, 2.24) is 10.6 Å². The number of carbonyl (C=O) groups excluding carboxylic acids is 2. The van der Waals surface area contributed by atoms with Crippen LogP contribution in [0.1, 0.15) is 13.3 Å². The Morgan fingerprint density at radius 2 is 1.50 bits per heavy atom. The van der Waals surface area contributed by atoms with Gasteiger partial charge in [-0.1, -0.05) is 6.92 Å². The maximum Gasteiger partial charge on any atom is 0.406 e. The van der Waals surface area contributed by atoms with Crippen molar-refractivity contribution in [2.24, 2.45) is 0 Å². The van der Waals surface area contributed by atoms with E-state index in [1.54, 1.807) is 6.92 Å². The van der Waals surface area contributed by atoms with Gasteiger partial charge in [-0.2, -0.15) is 0 Å². The minimum atomic E-state index is -0.471. The van der Waals surface area contributed by atoms with Crippen LogP contribution in [0.3, 0.4) is 0 Å². The van der Waals surface area contributed by atoms with Gasteiger partial charge in [-0.25, -0.2) is 4.79 Å². The van der Waals surface area contributed by atoms with E-state index in [4.69, 9.17) is 9.47 Å². The van der Waals surface area contributed by atoms with Crippen molar-refractivity contribution < 1.29 is 23.8 Å². The Hall–Kier alpha value is -1.34. The molecule has 2 amide bonds. The number of amides is 2. The molecule has 0 aliphatic carbocycles. The minimum Gasteiger partial charge on any atom is -0.453 e. The topological polar surface area (TPSA) is 85.9 Å². The number of nitrogens with one attached hydrogen (secondary N) is 2. The maximum absolute atomic E-state index is 10.9. The van der Waals surface area contributed by atoms with Gasteiger partial charge in [0.15, 0.2) is 0 Å². The van der Waals surface area contributed by atoms with Crippen molar-refractivity contribution in [1.29, 1.82) is 0 Å². The Morgan fingerprint density at radius 3 is 2.00 bits per heavy atom. The van der Waals surface area contributed by atoms with Crippen LogP contribution in [-0.4, -0.2) is 58.6 Å². The number of rotatable bonds is 10. The fraction of sp³-hybridized carbons (Fsp3) is 0.818. The summed E-state index contributed by atoms with van der Waals surface area (Å²) in [6, 6.07) is 0. The molecule has 0 radical (unpaired) electrons. The summed E-state index contributed by atoms with van der Waals surface area (Å²) in [7, 11) is 1.31. The van der Waals surface area contributed by atoms with Gasteiger partial charge in [-0.3, -0.25) is 4.79 Å². The molecule has 0 aromatic rings. The van der Waals surface area contributed by atoms with E-state index in [2.05, 4.69) is 15.4 Å². The summed E-state index contributed by atoms with van der Waals surface area (Å²) >= 11 is 0. The molecule has 2 N–H and O–H groups in total. The molecule has 0 aliphatic heterocycles. The Bertz CT molecular complexity index is 211. The molecule has 0 atom stereocenters. The van der Waals surface area contributed by atoms with E-state index >= 15 is 0 Å². The third-order valence-corrected chi connectivity index (χ3v) is 1.96. The van der Waals surface area contributed by atoms with Gasteiger partial charge in [0.2, 0.25) is 5.91 Å². The van der Waals surface area contributed by atoms with Gasteiger partial charge in [-0.15, -0.1) is 0 Å². The molecule has 0 saturated heterocycles. The van der Waals surface area contributed by atoms with Crippen molar-refractivity contribution in [3.8, 4) is 0 Å². The van der Waals surface area contributed by atoms with E-state index in [0.717, 1.165) is 0 Å². The molecule has 7 nitrogen and oxygen atoms in total. The van der Waals surface area contributed by atoms with E-state index < -0.39 is 6.09 Å². The van der Waals surface area contributed by atoms with E-state index in [1.165, 1.54) is 7.11 Å². The lowest BCUT2D eigenvalue weighted by Crippen LogP contribution is -2.28. The molecule has 0 heterocycles. The van der Waals surface area contributed by atoms with Crippen molar-refractivity contribution in [2.45, 2.75) is 13.3 Å². The summed E-state index contributed by atoms with van der Waals surface area (Å²) in [5.41, 5.74) is 0. The van der Waals surface area contributed by atoms with Crippen LogP contribution in [-0.2, 0) is 19.0 Å². The van der Waals surface area contributed by atoms with Crippen molar-refractivity contribution in [2.75, 3.05) is 46.6 Å². The van der Waals surface area contributed by atoms with E-state index in [-0.39, 0.29) is 5.91 Å². The summed E-state index contributed by atoms with van der Waals surface area (Å²) < 4.78 is 14.8. The van der Waals surface area contributed by atoms with Crippen LogP contribution in [0.25, 0.3) is 0 Å². The van der Waals surface area contributed by atoms with Gasteiger partial charge >= 0.3 is 6.09 Å². The number of hydrogen-bond acceptors (Lipinski definition) is 5. The predicted molar refractivity (Wildman–Crippen MR) is 65.3 cm³/mol. The largest absolute Gasteiger partial charge is 0.453 e. The molecule has 18 heavy (non-hydrogen) atoms. The molecular formula is C11H22N2O5. The molecule has 0 aromatic heterocycles. The van der Waals surface area contributed by atoms with Crippen molar-refractivity contribution in [3.05, 3.63) is 0 Å². The van der Waals surface area contributed by atoms with Gasteiger partial charge in [0, 0.05) is 19.5 Å². The lowest BCUT2D eigenvalue weighted by Gasteiger charge is -2.07. The zero-order valence-electron chi connectivity index (χ0n) is 11.0. The molecule has 0 bridgehead atoms. The highest BCUT2D eigenvalue weighted by Crippen LogP contribution is 1.80.